The molecule has 0 atom stereocenters. The summed E-state index contributed by atoms with van der Waals surface area (Å²) in [5, 5.41) is 2.72. The van der Waals surface area contributed by atoms with Gasteiger partial charge in [0, 0.05) is 45.2 Å². The second-order valence-electron chi connectivity index (χ2n) is 8.03. The second kappa shape index (κ2) is 9.62. The summed E-state index contributed by atoms with van der Waals surface area (Å²) in [6.45, 7) is 7.22. The van der Waals surface area contributed by atoms with Crippen LogP contribution in [-0.4, -0.2) is 55.6 Å². The van der Waals surface area contributed by atoms with Gasteiger partial charge in [-0.1, -0.05) is 38.1 Å². The Hall–Kier alpha value is -2.71. The molecular weight excluding hydrogens is 414 g/mol. The highest BCUT2D eigenvalue weighted by atomic mass is 32.2. The fourth-order valence-electron chi connectivity index (χ4n) is 3.48. The molecule has 3 rings (SSSR count). The smallest absolute Gasteiger partial charge is 0.253 e. The van der Waals surface area contributed by atoms with E-state index in [1.807, 2.05) is 24.3 Å². The Kier molecular flexibility index (Phi) is 7.12. The quantitative estimate of drug-likeness (QED) is 0.744. The number of sulfonamides is 1. The Morgan fingerprint density at radius 3 is 2.03 bits per heavy atom. The van der Waals surface area contributed by atoms with Crippen LogP contribution in [-0.2, 0) is 21.4 Å². The maximum atomic E-state index is 13.0. The molecule has 0 aliphatic carbocycles. The molecule has 1 aliphatic heterocycles. The highest BCUT2D eigenvalue weighted by Gasteiger charge is 2.30. The van der Waals surface area contributed by atoms with Crippen molar-refractivity contribution in [3.63, 3.8) is 0 Å². The lowest BCUT2D eigenvalue weighted by atomic mass is 10.0. The van der Waals surface area contributed by atoms with Crippen LogP contribution in [0.3, 0.4) is 0 Å². The molecule has 1 N–H and O–H groups in total. The van der Waals surface area contributed by atoms with Crippen LogP contribution < -0.4 is 5.32 Å². The summed E-state index contributed by atoms with van der Waals surface area (Å²) in [4.78, 5) is 25.8. The van der Waals surface area contributed by atoms with Gasteiger partial charge in [-0.2, -0.15) is 4.31 Å². The van der Waals surface area contributed by atoms with Gasteiger partial charge in [-0.15, -0.1) is 0 Å². The van der Waals surface area contributed by atoms with Crippen molar-refractivity contribution in [2.75, 3.05) is 26.2 Å². The topological polar surface area (TPSA) is 86.8 Å². The number of benzene rings is 2. The van der Waals surface area contributed by atoms with Gasteiger partial charge in [0.1, 0.15) is 0 Å². The Morgan fingerprint density at radius 1 is 0.935 bits per heavy atom. The van der Waals surface area contributed by atoms with Crippen LogP contribution in [0.25, 0.3) is 0 Å². The third kappa shape index (κ3) is 5.51. The minimum Gasteiger partial charge on any atom is -0.352 e. The molecule has 166 valence electrons. The third-order valence-corrected chi connectivity index (χ3v) is 7.37. The SMILES string of the molecule is CC(=O)NCc1ccc(C(=O)N2CCN(S(=O)(=O)c3ccc(C(C)C)cc3)CC2)cc1. The van der Waals surface area contributed by atoms with E-state index in [1.54, 1.807) is 29.2 Å². The van der Waals surface area contributed by atoms with Gasteiger partial charge in [0.2, 0.25) is 15.9 Å². The van der Waals surface area contributed by atoms with Gasteiger partial charge in [0.05, 0.1) is 4.90 Å². The van der Waals surface area contributed by atoms with E-state index in [4.69, 9.17) is 0 Å². The van der Waals surface area contributed by atoms with E-state index >= 15 is 0 Å². The molecule has 31 heavy (non-hydrogen) atoms. The molecule has 2 aromatic carbocycles. The molecule has 0 spiro atoms. The molecule has 0 aromatic heterocycles. The number of carbonyl (C=O) groups is 2. The van der Waals surface area contributed by atoms with Crippen molar-refractivity contribution in [3.05, 3.63) is 65.2 Å². The van der Waals surface area contributed by atoms with E-state index in [1.165, 1.54) is 11.2 Å². The number of hydrogen-bond donors (Lipinski definition) is 1. The van der Waals surface area contributed by atoms with Gasteiger partial charge >= 0.3 is 0 Å². The number of hydrogen-bond acceptors (Lipinski definition) is 4. The van der Waals surface area contributed by atoms with Crippen LogP contribution >= 0.6 is 0 Å². The first-order valence-electron chi connectivity index (χ1n) is 10.4. The highest BCUT2D eigenvalue weighted by Crippen LogP contribution is 2.21. The molecule has 0 radical (unpaired) electrons. The average molecular weight is 444 g/mol. The van der Waals surface area contributed by atoms with Crippen LogP contribution in [0.1, 0.15) is 48.2 Å². The predicted molar refractivity (Wildman–Crippen MR) is 119 cm³/mol. The summed E-state index contributed by atoms with van der Waals surface area (Å²) in [5.74, 6) is 0.110. The van der Waals surface area contributed by atoms with Crippen molar-refractivity contribution in [1.29, 1.82) is 0 Å². The third-order valence-electron chi connectivity index (χ3n) is 5.45. The van der Waals surface area contributed by atoms with Gasteiger partial charge < -0.3 is 10.2 Å². The first-order chi connectivity index (χ1) is 14.7. The number of nitrogens with one attached hydrogen (secondary N) is 1. The van der Waals surface area contributed by atoms with E-state index in [0.29, 0.717) is 31.1 Å². The van der Waals surface area contributed by atoms with Crippen LogP contribution in [0.15, 0.2) is 53.4 Å². The van der Waals surface area contributed by atoms with Gasteiger partial charge in [-0.25, -0.2) is 8.42 Å². The summed E-state index contributed by atoms with van der Waals surface area (Å²) < 4.78 is 27.4. The Morgan fingerprint density at radius 2 is 1.52 bits per heavy atom. The molecule has 1 fully saturated rings. The fourth-order valence-corrected chi connectivity index (χ4v) is 4.90. The fraction of sp³-hybridized carbons (Fsp3) is 0.391. The summed E-state index contributed by atoms with van der Waals surface area (Å²) >= 11 is 0. The number of rotatable bonds is 6. The summed E-state index contributed by atoms with van der Waals surface area (Å²) in [6, 6.07) is 14.1. The van der Waals surface area contributed by atoms with Gasteiger partial charge in [-0.3, -0.25) is 9.59 Å². The first kappa shape index (κ1) is 23.0. The van der Waals surface area contributed by atoms with Crippen LogP contribution in [0.4, 0.5) is 0 Å². The lowest BCUT2D eigenvalue weighted by Gasteiger charge is -2.34. The molecule has 1 heterocycles. The molecule has 1 aliphatic rings. The van der Waals surface area contributed by atoms with Crippen LogP contribution in [0, 0.1) is 0 Å². The van der Waals surface area contributed by atoms with Crippen molar-refractivity contribution in [2.45, 2.75) is 38.1 Å². The van der Waals surface area contributed by atoms with Crippen molar-refractivity contribution < 1.29 is 18.0 Å². The molecule has 0 bridgehead atoms. The number of piperazine rings is 1. The number of amides is 2. The Labute approximate surface area is 184 Å². The average Bonchev–Trinajstić information content (AvgIpc) is 2.77. The minimum absolute atomic E-state index is 0.108. The number of carbonyl (C=O) groups excluding carboxylic acids is 2. The zero-order chi connectivity index (χ0) is 22.6. The molecule has 0 unspecified atom stereocenters. The number of nitrogens with zero attached hydrogens (tertiary/aromatic N) is 2. The highest BCUT2D eigenvalue weighted by molar-refractivity contribution is 7.89. The summed E-state index contributed by atoms with van der Waals surface area (Å²) in [5.41, 5.74) is 2.55. The zero-order valence-corrected chi connectivity index (χ0v) is 19.0. The van der Waals surface area contributed by atoms with Gasteiger partial charge in [0.25, 0.3) is 5.91 Å². The maximum Gasteiger partial charge on any atom is 0.253 e. The van der Waals surface area contributed by atoms with E-state index in [-0.39, 0.29) is 29.8 Å². The molecule has 2 amide bonds. The zero-order valence-electron chi connectivity index (χ0n) is 18.2. The van der Waals surface area contributed by atoms with Crippen LogP contribution in [0.5, 0.6) is 0 Å². The molecular formula is C23H29N3O4S. The molecule has 8 heteroatoms. The summed E-state index contributed by atoms with van der Waals surface area (Å²) in [6.07, 6.45) is 0. The van der Waals surface area contributed by atoms with E-state index in [2.05, 4.69) is 19.2 Å². The monoisotopic (exact) mass is 443 g/mol. The van der Waals surface area contributed by atoms with E-state index in [0.717, 1.165) is 11.1 Å². The van der Waals surface area contributed by atoms with Gasteiger partial charge in [-0.05, 0) is 41.3 Å². The van der Waals surface area contributed by atoms with E-state index in [9.17, 15) is 18.0 Å². The normalized spacial score (nSPS) is 15.2. The largest absolute Gasteiger partial charge is 0.352 e. The standard InChI is InChI=1S/C23H29N3O4S/c1-17(2)20-8-10-22(11-9-20)31(29,30)26-14-12-25(13-15-26)23(28)21-6-4-19(5-7-21)16-24-18(3)27/h4-11,17H,12-16H2,1-3H3,(H,24,27). The van der Waals surface area contributed by atoms with Gasteiger partial charge in [0.15, 0.2) is 0 Å². The molecule has 0 saturated carbocycles. The van der Waals surface area contributed by atoms with Crippen molar-refractivity contribution in [3.8, 4) is 0 Å². The minimum atomic E-state index is -3.58. The predicted octanol–water partition coefficient (Wildman–Crippen LogP) is 2.59. The van der Waals surface area contributed by atoms with E-state index < -0.39 is 10.0 Å². The second-order valence-corrected chi connectivity index (χ2v) is 9.96. The summed E-state index contributed by atoms with van der Waals surface area (Å²) in [7, 11) is -3.58. The molecule has 1 saturated heterocycles. The lowest BCUT2D eigenvalue weighted by Crippen LogP contribution is -2.50. The molecule has 2 aromatic rings. The maximum absolute atomic E-state index is 13.0. The molecule has 7 nitrogen and oxygen atoms in total. The first-order valence-corrected chi connectivity index (χ1v) is 11.9. The van der Waals surface area contributed by atoms with Crippen molar-refractivity contribution in [2.24, 2.45) is 0 Å². The lowest BCUT2D eigenvalue weighted by molar-refractivity contribution is -0.119. The van der Waals surface area contributed by atoms with Crippen LogP contribution in [0.2, 0.25) is 0 Å². The van der Waals surface area contributed by atoms with Crippen molar-refractivity contribution in [1.82, 2.24) is 14.5 Å². The van der Waals surface area contributed by atoms with Crippen molar-refractivity contribution >= 4 is 21.8 Å². The Balaban J connectivity index is 1.60. The Bertz CT molecular complexity index is 1020.